The summed E-state index contributed by atoms with van der Waals surface area (Å²) in [6, 6.07) is 13.5. The van der Waals surface area contributed by atoms with Gasteiger partial charge in [-0.15, -0.1) is 0 Å². The van der Waals surface area contributed by atoms with Crippen LogP contribution in [0.3, 0.4) is 0 Å². The van der Waals surface area contributed by atoms with Gasteiger partial charge in [0.25, 0.3) is 10.0 Å². The third-order valence-electron chi connectivity index (χ3n) is 5.32. The van der Waals surface area contributed by atoms with Gasteiger partial charge in [0.2, 0.25) is 0 Å². The normalized spacial score (nSPS) is 19.2. The number of carbonyl (C=O) groups is 1. The molecule has 0 radical (unpaired) electrons. The first-order valence-corrected chi connectivity index (χ1v) is 10.5. The maximum atomic E-state index is 13.2. The van der Waals surface area contributed by atoms with Gasteiger partial charge < -0.3 is 0 Å². The van der Waals surface area contributed by atoms with Crippen molar-refractivity contribution >= 4 is 27.4 Å². The lowest BCUT2D eigenvalue weighted by atomic mass is 9.85. The molecule has 0 spiro atoms. The predicted octanol–water partition coefficient (Wildman–Crippen LogP) is 4.18. The molecule has 2 aromatic carbocycles. The van der Waals surface area contributed by atoms with E-state index in [9.17, 15) is 13.2 Å². The Morgan fingerprint density at radius 1 is 1.04 bits per heavy atom. The van der Waals surface area contributed by atoms with E-state index in [-0.39, 0.29) is 4.90 Å². The Hall–Kier alpha value is -2.34. The fourth-order valence-electron chi connectivity index (χ4n) is 3.54. The lowest BCUT2D eigenvalue weighted by Crippen LogP contribution is -2.52. The summed E-state index contributed by atoms with van der Waals surface area (Å²) in [6.07, 6.45) is 4.21. The highest BCUT2D eigenvalue weighted by atomic mass is 32.2. The first-order valence-electron chi connectivity index (χ1n) is 9.07. The standard InChI is InChI=1S/C20H22N2O3S/c1-2-15-10-12-17(13-11-15)22-20(23)21(14-16-6-5-7-16)18-8-3-4-9-19(18)26(22,24)25/h3-4,8-13,16H,2,5-7,14H2,1H3. The van der Waals surface area contributed by atoms with Crippen molar-refractivity contribution in [3.8, 4) is 0 Å². The predicted molar refractivity (Wildman–Crippen MR) is 102 cm³/mol. The van der Waals surface area contributed by atoms with E-state index in [1.807, 2.05) is 19.1 Å². The second-order valence-electron chi connectivity index (χ2n) is 6.95. The molecule has 2 amide bonds. The number of benzene rings is 2. The molecule has 0 atom stereocenters. The SMILES string of the molecule is CCc1ccc(N2C(=O)N(CC3CCC3)c3ccccc3S2(=O)=O)cc1. The zero-order valence-corrected chi connectivity index (χ0v) is 15.6. The molecule has 0 unspecified atom stereocenters. The van der Waals surface area contributed by atoms with Crippen LogP contribution in [0, 0.1) is 5.92 Å². The highest BCUT2D eigenvalue weighted by Crippen LogP contribution is 2.39. The second kappa shape index (κ2) is 6.43. The summed E-state index contributed by atoms with van der Waals surface area (Å²) in [6.45, 7) is 2.60. The number of urea groups is 1. The van der Waals surface area contributed by atoms with Crippen LogP contribution in [0.1, 0.15) is 31.7 Å². The Morgan fingerprint density at radius 2 is 1.73 bits per heavy atom. The molecule has 5 nitrogen and oxygen atoms in total. The maximum absolute atomic E-state index is 13.2. The molecule has 0 bridgehead atoms. The molecule has 1 aliphatic carbocycles. The Bertz CT molecular complexity index is 934. The van der Waals surface area contributed by atoms with E-state index in [2.05, 4.69) is 0 Å². The lowest BCUT2D eigenvalue weighted by molar-refractivity contribution is 0.248. The number of fused-ring (bicyclic) bond motifs is 1. The van der Waals surface area contributed by atoms with Crippen molar-refractivity contribution in [3.63, 3.8) is 0 Å². The molecule has 4 rings (SSSR count). The van der Waals surface area contributed by atoms with E-state index < -0.39 is 16.1 Å². The summed E-state index contributed by atoms with van der Waals surface area (Å²) in [5.41, 5.74) is 1.98. The molecule has 1 fully saturated rings. The van der Waals surface area contributed by atoms with Gasteiger partial charge in [0, 0.05) is 6.54 Å². The second-order valence-corrected chi connectivity index (χ2v) is 8.70. The fraction of sp³-hybridized carbons (Fsp3) is 0.350. The number of anilines is 2. The molecule has 0 saturated heterocycles. The summed E-state index contributed by atoms with van der Waals surface area (Å²) in [5.74, 6) is 0.442. The van der Waals surface area contributed by atoms with Gasteiger partial charge in [0.15, 0.2) is 0 Å². The quantitative estimate of drug-likeness (QED) is 0.811. The van der Waals surface area contributed by atoms with Crippen LogP contribution < -0.4 is 9.21 Å². The number of carbonyl (C=O) groups excluding carboxylic acids is 1. The van der Waals surface area contributed by atoms with Crippen LogP contribution in [0.5, 0.6) is 0 Å². The number of nitrogens with zero attached hydrogens (tertiary/aromatic N) is 2. The van der Waals surface area contributed by atoms with Crippen LogP contribution >= 0.6 is 0 Å². The molecule has 6 heteroatoms. The first-order chi connectivity index (χ1) is 12.5. The Labute approximate surface area is 154 Å². The van der Waals surface area contributed by atoms with Crippen molar-refractivity contribution in [1.29, 1.82) is 0 Å². The van der Waals surface area contributed by atoms with Crippen LogP contribution in [0.25, 0.3) is 0 Å². The van der Waals surface area contributed by atoms with Crippen molar-refractivity contribution in [2.24, 2.45) is 5.92 Å². The van der Waals surface area contributed by atoms with Crippen LogP contribution in [-0.4, -0.2) is 21.0 Å². The Kier molecular flexibility index (Phi) is 4.23. The van der Waals surface area contributed by atoms with Crippen molar-refractivity contribution in [3.05, 3.63) is 54.1 Å². The van der Waals surface area contributed by atoms with Crippen LogP contribution in [0.2, 0.25) is 0 Å². The van der Waals surface area contributed by atoms with Gasteiger partial charge in [-0.2, -0.15) is 4.31 Å². The number of sulfonamides is 1. The molecule has 2 aromatic rings. The van der Waals surface area contributed by atoms with Crippen molar-refractivity contribution in [2.45, 2.75) is 37.5 Å². The summed E-state index contributed by atoms with van der Waals surface area (Å²) in [7, 11) is -3.92. The van der Waals surface area contributed by atoms with E-state index in [0.29, 0.717) is 23.8 Å². The summed E-state index contributed by atoms with van der Waals surface area (Å²) < 4.78 is 27.3. The minimum absolute atomic E-state index is 0.193. The molecule has 0 N–H and O–H groups in total. The monoisotopic (exact) mass is 370 g/mol. The number of hydrogen-bond donors (Lipinski definition) is 0. The van der Waals surface area contributed by atoms with Gasteiger partial charge in [-0.3, -0.25) is 4.90 Å². The third kappa shape index (κ3) is 2.69. The summed E-state index contributed by atoms with van der Waals surface area (Å²) in [5, 5.41) is 0. The highest BCUT2D eigenvalue weighted by Gasteiger charge is 2.43. The van der Waals surface area contributed by atoms with Crippen molar-refractivity contribution in [2.75, 3.05) is 15.7 Å². The van der Waals surface area contributed by atoms with E-state index in [1.165, 1.54) is 6.42 Å². The Morgan fingerprint density at radius 3 is 2.35 bits per heavy atom. The molecular formula is C20H22N2O3S. The third-order valence-corrected chi connectivity index (χ3v) is 7.07. The van der Waals surface area contributed by atoms with E-state index in [1.54, 1.807) is 41.3 Å². The molecule has 1 saturated carbocycles. The van der Waals surface area contributed by atoms with Gasteiger partial charge >= 0.3 is 6.03 Å². The summed E-state index contributed by atoms with van der Waals surface area (Å²) in [4.78, 5) is 15.0. The number of para-hydroxylation sites is 1. The molecular weight excluding hydrogens is 348 g/mol. The lowest BCUT2D eigenvalue weighted by Gasteiger charge is -2.39. The van der Waals surface area contributed by atoms with Gasteiger partial charge in [0.1, 0.15) is 4.90 Å². The number of aryl methyl sites for hydroxylation is 1. The molecule has 2 aliphatic rings. The van der Waals surface area contributed by atoms with E-state index in [4.69, 9.17) is 0 Å². The van der Waals surface area contributed by atoms with Gasteiger partial charge in [-0.1, -0.05) is 37.6 Å². The van der Waals surface area contributed by atoms with Gasteiger partial charge in [-0.05, 0) is 55.0 Å². The van der Waals surface area contributed by atoms with Crippen LogP contribution in [-0.2, 0) is 16.4 Å². The first kappa shape index (κ1) is 17.1. The highest BCUT2D eigenvalue weighted by molar-refractivity contribution is 7.94. The van der Waals surface area contributed by atoms with Crippen molar-refractivity contribution in [1.82, 2.24) is 0 Å². The van der Waals surface area contributed by atoms with Crippen LogP contribution in [0.4, 0.5) is 16.2 Å². The largest absolute Gasteiger partial charge is 0.343 e. The number of amides is 2. The molecule has 0 aromatic heterocycles. The number of rotatable bonds is 4. The minimum atomic E-state index is -3.92. The Balaban J connectivity index is 1.81. The topological polar surface area (TPSA) is 57.7 Å². The molecule has 26 heavy (non-hydrogen) atoms. The van der Waals surface area contributed by atoms with Gasteiger partial charge in [-0.25, -0.2) is 13.2 Å². The smallest absolute Gasteiger partial charge is 0.292 e. The fourth-order valence-corrected chi connectivity index (χ4v) is 5.13. The van der Waals surface area contributed by atoms with Gasteiger partial charge in [0.05, 0.1) is 11.4 Å². The summed E-state index contributed by atoms with van der Waals surface area (Å²) >= 11 is 0. The maximum Gasteiger partial charge on any atom is 0.343 e. The minimum Gasteiger partial charge on any atom is -0.292 e. The number of hydrogen-bond acceptors (Lipinski definition) is 3. The molecule has 136 valence electrons. The molecule has 1 aliphatic heterocycles. The molecule has 1 heterocycles. The zero-order chi connectivity index (χ0) is 18.3. The zero-order valence-electron chi connectivity index (χ0n) is 14.8. The van der Waals surface area contributed by atoms with Crippen LogP contribution in [0.15, 0.2) is 53.4 Å². The average molecular weight is 370 g/mol. The van der Waals surface area contributed by atoms with E-state index >= 15 is 0 Å². The average Bonchev–Trinajstić information content (AvgIpc) is 2.60. The van der Waals surface area contributed by atoms with E-state index in [0.717, 1.165) is 29.1 Å². The van der Waals surface area contributed by atoms with Crippen molar-refractivity contribution < 1.29 is 13.2 Å².